The number of halogens is 2. The van der Waals surface area contributed by atoms with Gasteiger partial charge in [0.25, 0.3) is 0 Å². The molecule has 10 heavy (non-hydrogen) atoms. The molecule has 0 spiro atoms. The normalized spacial score (nSPS) is 18.6. The molecular weight excluding hydrogens is 171 g/mol. The Hall–Kier alpha value is 0.500. The summed E-state index contributed by atoms with van der Waals surface area (Å²) in [4.78, 5) is 0. The Morgan fingerprint density at radius 2 is 1.70 bits per heavy atom. The minimum Gasteiger partial charge on any atom is -0.318 e. The van der Waals surface area contributed by atoms with Gasteiger partial charge in [0.1, 0.15) is 0 Å². The monoisotopic (exact) mass is 186 g/mol. The summed E-state index contributed by atoms with van der Waals surface area (Å²) < 4.78 is 0. The summed E-state index contributed by atoms with van der Waals surface area (Å²) in [6.45, 7) is 1.11. The van der Waals surface area contributed by atoms with Crippen molar-refractivity contribution in [2.75, 3.05) is 20.6 Å². The van der Waals surface area contributed by atoms with E-state index < -0.39 is 0 Å². The molecule has 0 atom stereocenters. The molecule has 0 aromatic heterocycles. The molecule has 0 heterocycles. The highest BCUT2D eigenvalue weighted by Gasteiger charge is 2.39. The van der Waals surface area contributed by atoms with Crippen LogP contribution in [0.1, 0.15) is 12.8 Å². The molecule has 0 amide bonds. The van der Waals surface area contributed by atoms with Crippen LogP contribution in [0.5, 0.6) is 0 Å². The van der Waals surface area contributed by atoms with Crippen LogP contribution in [0, 0.1) is 0 Å². The van der Waals surface area contributed by atoms with Crippen molar-refractivity contribution >= 4 is 24.8 Å². The molecule has 1 rings (SSSR count). The first kappa shape index (κ1) is 13.1. The first-order valence-electron chi connectivity index (χ1n) is 3.16. The van der Waals surface area contributed by atoms with Crippen LogP contribution in [-0.4, -0.2) is 26.2 Å². The van der Waals surface area contributed by atoms with E-state index in [9.17, 15) is 0 Å². The second-order valence-electron chi connectivity index (χ2n) is 2.56. The standard InChI is InChI=1S/C6H14N2.2ClH/c1-7-5-6(8-2)3-4-6;;/h7-8H,3-5H2,1-2H3;2*1H. The van der Waals surface area contributed by atoms with E-state index in [1.165, 1.54) is 12.8 Å². The highest BCUT2D eigenvalue weighted by molar-refractivity contribution is 5.85. The van der Waals surface area contributed by atoms with E-state index in [1.807, 2.05) is 14.1 Å². The van der Waals surface area contributed by atoms with Gasteiger partial charge in [0.05, 0.1) is 0 Å². The van der Waals surface area contributed by atoms with Gasteiger partial charge in [0.2, 0.25) is 0 Å². The minimum atomic E-state index is 0. The van der Waals surface area contributed by atoms with Gasteiger partial charge in [-0.15, -0.1) is 24.8 Å². The molecule has 0 saturated heterocycles. The Morgan fingerprint density at radius 1 is 1.20 bits per heavy atom. The molecule has 1 aliphatic rings. The Morgan fingerprint density at radius 3 is 1.80 bits per heavy atom. The Balaban J connectivity index is 0. The zero-order valence-electron chi connectivity index (χ0n) is 6.44. The van der Waals surface area contributed by atoms with Gasteiger partial charge in [-0.3, -0.25) is 0 Å². The van der Waals surface area contributed by atoms with Gasteiger partial charge in [-0.05, 0) is 26.9 Å². The first-order valence-corrected chi connectivity index (χ1v) is 3.16. The van der Waals surface area contributed by atoms with Crippen molar-refractivity contribution in [2.24, 2.45) is 0 Å². The van der Waals surface area contributed by atoms with Crippen molar-refractivity contribution in [3.05, 3.63) is 0 Å². The summed E-state index contributed by atoms with van der Waals surface area (Å²) >= 11 is 0. The van der Waals surface area contributed by atoms with Gasteiger partial charge < -0.3 is 10.6 Å². The fourth-order valence-electron chi connectivity index (χ4n) is 1.00. The molecule has 4 heteroatoms. The molecule has 1 aliphatic carbocycles. The zero-order valence-corrected chi connectivity index (χ0v) is 8.07. The quantitative estimate of drug-likeness (QED) is 0.682. The largest absolute Gasteiger partial charge is 0.318 e. The third-order valence-electron chi connectivity index (χ3n) is 1.90. The van der Waals surface area contributed by atoms with E-state index >= 15 is 0 Å². The van der Waals surface area contributed by atoms with Gasteiger partial charge in [-0.25, -0.2) is 0 Å². The fourth-order valence-corrected chi connectivity index (χ4v) is 1.00. The molecule has 2 nitrogen and oxygen atoms in total. The summed E-state index contributed by atoms with van der Waals surface area (Å²) in [5.41, 5.74) is 0.481. The van der Waals surface area contributed by atoms with Crippen molar-refractivity contribution in [1.82, 2.24) is 10.6 Å². The summed E-state index contributed by atoms with van der Waals surface area (Å²) in [5, 5.41) is 6.45. The number of hydrogen-bond donors (Lipinski definition) is 2. The molecule has 0 unspecified atom stereocenters. The number of nitrogens with one attached hydrogen (secondary N) is 2. The maximum atomic E-state index is 3.29. The van der Waals surface area contributed by atoms with Crippen molar-refractivity contribution < 1.29 is 0 Å². The van der Waals surface area contributed by atoms with Crippen LogP contribution >= 0.6 is 24.8 Å². The van der Waals surface area contributed by atoms with Crippen molar-refractivity contribution in [2.45, 2.75) is 18.4 Å². The molecule has 0 aromatic rings. The van der Waals surface area contributed by atoms with Crippen LogP contribution in [-0.2, 0) is 0 Å². The van der Waals surface area contributed by atoms with Crippen molar-refractivity contribution in [3.63, 3.8) is 0 Å². The van der Waals surface area contributed by atoms with E-state index in [2.05, 4.69) is 10.6 Å². The van der Waals surface area contributed by atoms with Crippen LogP contribution in [0.4, 0.5) is 0 Å². The summed E-state index contributed by atoms with van der Waals surface area (Å²) in [5.74, 6) is 0. The van der Waals surface area contributed by atoms with E-state index in [0.29, 0.717) is 5.54 Å². The second kappa shape index (κ2) is 5.19. The Bertz CT molecular complexity index is 83.8. The van der Waals surface area contributed by atoms with Gasteiger partial charge in [-0.2, -0.15) is 0 Å². The van der Waals surface area contributed by atoms with Gasteiger partial charge in [0.15, 0.2) is 0 Å². The van der Waals surface area contributed by atoms with Crippen LogP contribution < -0.4 is 10.6 Å². The lowest BCUT2D eigenvalue weighted by molar-refractivity contribution is 0.520. The lowest BCUT2D eigenvalue weighted by Crippen LogP contribution is -2.37. The van der Waals surface area contributed by atoms with Crippen LogP contribution in [0.25, 0.3) is 0 Å². The minimum absolute atomic E-state index is 0. The third kappa shape index (κ3) is 3.06. The molecule has 0 radical (unpaired) electrons. The topological polar surface area (TPSA) is 24.1 Å². The van der Waals surface area contributed by atoms with Gasteiger partial charge in [-0.1, -0.05) is 0 Å². The molecule has 1 fully saturated rings. The molecule has 0 aliphatic heterocycles. The van der Waals surface area contributed by atoms with E-state index in [-0.39, 0.29) is 24.8 Å². The number of likely N-dealkylation sites (N-methyl/N-ethyl adjacent to an activating group) is 2. The zero-order chi connectivity index (χ0) is 6.04. The molecule has 64 valence electrons. The second-order valence-corrected chi connectivity index (χ2v) is 2.56. The lowest BCUT2D eigenvalue weighted by Gasteiger charge is -2.11. The summed E-state index contributed by atoms with van der Waals surface area (Å²) in [6.07, 6.45) is 2.68. The van der Waals surface area contributed by atoms with Gasteiger partial charge in [0, 0.05) is 12.1 Å². The average Bonchev–Trinajstić information content (AvgIpc) is 2.50. The third-order valence-corrected chi connectivity index (χ3v) is 1.90. The average molecular weight is 187 g/mol. The fraction of sp³-hybridized carbons (Fsp3) is 1.00. The molecular formula is C6H16Cl2N2. The first-order chi connectivity index (χ1) is 3.83. The summed E-state index contributed by atoms with van der Waals surface area (Å²) in [7, 11) is 4.03. The van der Waals surface area contributed by atoms with Crippen molar-refractivity contribution in [3.8, 4) is 0 Å². The van der Waals surface area contributed by atoms with E-state index in [0.717, 1.165) is 6.54 Å². The van der Waals surface area contributed by atoms with E-state index in [4.69, 9.17) is 0 Å². The Labute approximate surface area is 75.0 Å². The van der Waals surface area contributed by atoms with Crippen molar-refractivity contribution in [1.29, 1.82) is 0 Å². The maximum absolute atomic E-state index is 3.29. The van der Waals surface area contributed by atoms with Crippen LogP contribution in [0.2, 0.25) is 0 Å². The van der Waals surface area contributed by atoms with Crippen LogP contribution in [0.15, 0.2) is 0 Å². The molecule has 2 N–H and O–H groups in total. The lowest BCUT2D eigenvalue weighted by atomic mass is 10.3. The highest BCUT2D eigenvalue weighted by atomic mass is 35.5. The predicted octanol–water partition coefficient (Wildman–Crippen LogP) is 0.801. The van der Waals surface area contributed by atoms with Crippen LogP contribution in [0.3, 0.4) is 0 Å². The highest BCUT2D eigenvalue weighted by Crippen LogP contribution is 2.33. The number of rotatable bonds is 3. The SMILES string of the molecule is CNCC1(NC)CC1.Cl.Cl. The molecule has 0 aromatic carbocycles. The number of hydrogen-bond acceptors (Lipinski definition) is 2. The smallest absolute Gasteiger partial charge is 0.0304 e. The van der Waals surface area contributed by atoms with Gasteiger partial charge >= 0.3 is 0 Å². The molecule has 1 saturated carbocycles. The van der Waals surface area contributed by atoms with E-state index in [1.54, 1.807) is 0 Å². The molecule has 0 bridgehead atoms. The maximum Gasteiger partial charge on any atom is 0.0304 e. The predicted molar refractivity (Wildman–Crippen MR) is 49.4 cm³/mol. The summed E-state index contributed by atoms with van der Waals surface area (Å²) in [6, 6.07) is 0. The Kier molecular flexibility index (Phi) is 6.81.